The topological polar surface area (TPSA) is 78.3 Å². The monoisotopic (exact) mass is 362 g/mol. The number of amides is 1. The number of nitrogens with zero attached hydrogens (tertiary/aromatic N) is 3. The fraction of sp³-hybridized carbons (Fsp3) is 0.286. The number of para-hydroxylation sites is 1. The molecule has 0 bridgehead atoms. The van der Waals surface area contributed by atoms with E-state index in [2.05, 4.69) is 20.2 Å². The fourth-order valence-corrected chi connectivity index (χ4v) is 3.57. The number of carbonyl (C=O) groups is 1. The van der Waals surface area contributed by atoms with Crippen molar-refractivity contribution < 1.29 is 9.90 Å². The summed E-state index contributed by atoms with van der Waals surface area (Å²) >= 11 is 0. The minimum absolute atomic E-state index is 0.279. The Bertz CT molecular complexity index is 981. The Labute approximate surface area is 157 Å². The highest BCUT2D eigenvalue weighted by Crippen LogP contribution is 2.26. The number of anilines is 2. The van der Waals surface area contributed by atoms with E-state index in [1.165, 1.54) is 0 Å². The Kier molecular flexibility index (Phi) is 4.49. The summed E-state index contributed by atoms with van der Waals surface area (Å²) < 4.78 is 0. The maximum Gasteiger partial charge on any atom is 0.274 e. The van der Waals surface area contributed by atoms with Crippen molar-refractivity contribution in [1.82, 2.24) is 9.97 Å². The van der Waals surface area contributed by atoms with Gasteiger partial charge in [-0.1, -0.05) is 18.2 Å². The molecule has 138 valence electrons. The maximum atomic E-state index is 12.8. The molecule has 1 fully saturated rings. The summed E-state index contributed by atoms with van der Waals surface area (Å²) in [7, 11) is 0. The highest BCUT2D eigenvalue weighted by molar-refractivity contribution is 6.07. The summed E-state index contributed by atoms with van der Waals surface area (Å²) in [5.41, 5.74) is 1.93. The molecule has 1 aromatic carbocycles. The van der Waals surface area contributed by atoms with E-state index in [9.17, 15) is 9.90 Å². The summed E-state index contributed by atoms with van der Waals surface area (Å²) in [5.74, 6) is -0.279. The Hall–Kier alpha value is -2.99. The Balaban J connectivity index is 1.57. The molecule has 3 heterocycles. The highest BCUT2D eigenvalue weighted by atomic mass is 16.3. The van der Waals surface area contributed by atoms with Gasteiger partial charge in [-0.15, -0.1) is 0 Å². The van der Waals surface area contributed by atoms with Crippen molar-refractivity contribution in [1.29, 1.82) is 0 Å². The lowest BCUT2D eigenvalue weighted by atomic mass is 9.95. The third kappa shape index (κ3) is 3.75. The van der Waals surface area contributed by atoms with Gasteiger partial charge in [0, 0.05) is 36.6 Å². The number of piperidine rings is 1. The van der Waals surface area contributed by atoms with Gasteiger partial charge in [-0.2, -0.15) is 0 Å². The second-order valence-electron chi connectivity index (χ2n) is 7.26. The van der Waals surface area contributed by atoms with Crippen molar-refractivity contribution in [3.63, 3.8) is 0 Å². The van der Waals surface area contributed by atoms with Crippen molar-refractivity contribution in [2.75, 3.05) is 23.3 Å². The molecule has 2 aromatic heterocycles. The van der Waals surface area contributed by atoms with Gasteiger partial charge in [-0.05, 0) is 44.0 Å². The smallest absolute Gasteiger partial charge is 0.274 e. The van der Waals surface area contributed by atoms with Gasteiger partial charge < -0.3 is 15.3 Å². The van der Waals surface area contributed by atoms with Crippen LogP contribution >= 0.6 is 0 Å². The van der Waals surface area contributed by atoms with Crippen molar-refractivity contribution in [3.05, 3.63) is 60.6 Å². The second kappa shape index (κ2) is 6.96. The van der Waals surface area contributed by atoms with Crippen molar-refractivity contribution in [2.24, 2.45) is 0 Å². The van der Waals surface area contributed by atoms with Crippen LogP contribution in [0.2, 0.25) is 0 Å². The maximum absolute atomic E-state index is 12.8. The number of fused-ring (bicyclic) bond motifs is 1. The number of hydrogen-bond acceptors (Lipinski definition) is 5. The first-order valence-corrected chi connectivity index (χ1v) is 9.10. The summed E-state index contributed by atoms with van der Waals surface area (Å²) in [6.45, 7) is 3.25. The van der Waals surface area contributed by atoms with Crippen LogP contribution in [0, 0.1) is 0 Å². The van der Waals surface area contributed by atoms with Crippen LogP contribution in [0.3, 0.4) is 0 Å². The number of pyridine rings is 2. The van der Waals surface area contributed by atoms with Gasteiger partial charge in [-0.25, -0.2) is 0 Å². The van der Waals surface area contributed by atoms with E-state index in [1.807, 2.05) is 43.3 Å². The molecular weight excluding hydrogens is 340 g/mol. The Morgan fingerprint density at radius 3 is 2.89 bits per heavy atom. The van der Waals surface area contributed by atoms with Crippen LogP contribution in [-0.2, 0) is 0 Å². The van der Waals surface area contributed by atoms with Crippen LogP contribution in [0.5, 0.6) is 0 Å². The molecule has 1 aliphatic heterocycles. The predicted octanol–water partition coefficient (Wildman–Crippen LogP) is 3.23. The SMILES string of the molecule is CC1(O)CCCN(c2ccnc(C(=O)Nc3cccc4cccnc34)c2)C1. The number of rotatable bonds is 3. The van der Waals surface area contributed by atoms with E-state index in [0.29, 0.717) is 17.9 Å². The summed E-state index contributed by atoms with van der Waals surface area (Å²) in [6, 6.07) is 13.1. The lowest BCUT2D eigenvalue weighted by molar-refractivity contribution is 0.0449. The molecule has 1 amide bonds. The van der Waals surface area contributed by atoms with E-state index in [0.717, 1.165) is 36.0 Å². The quantitative estimate of drug-likeness (QED) is 0.748. The molecule has 6 nitrogen and oxygen atoms in total. The first-order chi connectivity index (χ1) is 13.0. The number of β-amino-alcohol motifs (C(OH)–C–C–N with tert-alkyl or cyclic N) is 1. The molecule has 4 rings (SSSR count). The minimum Gasteiger partial charge on any atom is -0.388 e. The standard InChI is InChI=1S/C21H22N4O2/c1-21(27)9-4-12-25(14-21)16-8-11-22-18(13-16)20(26)24-17-7-2-5-15-6-3-10-23-19(15)17/h2-3,5-8,10-11,13,27H,4,9,12,14H2,1H3,(H,24,26). The van der Waals surface area contributed by atoms with E-state index in [1.54, 1.807) is 18.5 Å². The molecule has 2 N–H and O–H groups in total. The molecule has 0 saturated carbocycles. The number of nitrogens with one attached hydrogen (secondary N) is 1. The largest absolute Gasteiger partial charge is 0.388 e. The molecular formula is C21H22N4O2. The molecule has 27 heavy (non-hydrogen) atoms. The van der Waals surface area contributed by atoms with Gasteiger partial charge in [0.2, 0.25) is 0 Å². The molecule has 3 aromatic rings. The summed E-state index contributed by atoms with van der Waals surface area (Å²) in [6.07, 6.45) is 5.04. The van der Waals surface area contributed by atoms with E-state index < -0.39 is 5.60 Å². The lowest BCUT2D eigenvalue weighted by Gasteiger charge is -2.38. The minimum atomic E-state index is -0.710. The van der Waals surface area contributed by atoms with Gasteiger partial charge in [-0.3, -0.25) is 14.8 Å². The van der Waals surface area contributed by atoms with Gasteiger partial charge in [0.05, 0.1) is 16.8 Å². The third-order valence-corrected chi connectivity index (χ3v) is 4.90. The predicted molar refractivity (Wildman–Crippen MR) is 106 cm³/mol. The number of benzene rings is 1. The van der Waals surface area contributed by atoms with Crippen LogP contribution in [0.4, 0.5) is 11.4 Å². The van der Waals surface area contributed by atoms with Crippen molar-refractivity contribution in [3.8, 4) is 0 Å². The zero-order valence-electron chi connectivity index (χ0n) is 15.2. The molecule has 1 aliphatic rings. The van der Waals surface area contributed by atoms with E-state index in [4.69, 9.17) is 0 Å². The molecule has 1 unspecified atom stereocenters. The van der Waals surface area contributed by atoms with Gasteiger partial charge >= 0.3 is 0 Å². The first kappa shape index (κ1) is 17.4. The van der Waals surface area contributed by atoms with Crippen LogP contribution in [0.25, 0.3) is 10.9 Å². The Morgan fingerprint density at radius 2 is 2.04 bits per heavy atom. The van der Waals surface area contributed by atoms with Gasteiger partial charge in [0.1, 0.15) is 5.69 Å². The van der Waals surface area contributed by atoms with Crippen molar-refractivity contribution in [2.45, 2.75) is 25.4 Å². The lowest BCUT2D eigenvalue weighted by Crippen LogP contribution is -2.46. The first-order valence-electron chi connectivity index (χ1n) is 9.10. The molecule has 1 saturated heterocycles. The van der Waals surface area contributed by atoms with E-state index in [-0.39, 0.29) is 5.91 Å². The van der Waals surface area contributed by atoms with Crippen LogP contribution in [-0.4, -0.2) is 39.7 Å². The molecule has 0 aliphatic carbocycles. The fourth-order valence-electron chi connectivity index (χ4n) is 3.57. The number of aliphatic hydroxyl groups is 1. The zero-order valence-corrected chi connectivity index (χ0v) is 15.2. The van der Waals surface area contributed by atoms with Crippen LogP contribution < -0.4 is 10.2 Å². The van der Waals surface area contributed by atoms with Gasteiger partial charge in [0.25, 0.3) is 5.91 Å². The van der Waals surface area contributed by atoms with Crippen LogP contribution in [0.15, 0.2) is 54.9 Å². The summed E-state index contributed by atoms with van der Waals surface area (Å²) in [5, 5.41) is 14.2. The second-order valence-corrected chi connectivity index (χ2v) is 7.26. The zero-order chi connectivity index (χ0) is 18.9. The molecule has 1 atom stereocenters. The average molecular weight is 362 g/mol. The number of carbonyl (C=O) groups excluding carboxylic acids is 1. The van der Waals surface area contributed by atoms with Gasteiger partial charge in [0.15, 0.2) is 0 Å². The van der Waals surface area contributed by atoms with Crippen molar-refractivity contribution >= 4 is 28.2 Å². The molecule has 0 spiro atoms. The molecule has 6 heteroatoms. The van der Waals surface area contributed by atoms with E-state index >= 15 is 0 Å². The summed E-state index contributed by atoms with van der Waals surface area (Å²) in [4.78, 5) is 23.4. The highest BCUT2D eigenvalue weighted by Gasteiger charge is 2.28. The number of aromatic nitrogens is 2. The molecule has 0 radical (unpaired) electrons. The number of hydrogen-bond donors (Lipinski definition) is 2. The third-order valence-electron chi connectivity index (χ3n) is 4.90. The normalized spacial score (nSPS) is 19.9. The average Bonchev–Trinajstić information content (AvgIpc) is 2.67. The van der Waals surface area contributed by atoms with Crippen LogP contribution in [0.1, 0.15) is 30.3 Å². The Morgan fingerprint density at radius 1 is 1.19 bits per heavy atom.